The largest absolute Gasteiger partial charge is 0.144 e. The Kier molecular flexibility index (Phi) is 4.51. The van der Waals surface area contributed by atoms with Crippen molar-refractivity contribution in [1.82, 2.24) is 0 Å². The number of thiophene rings is 2. The molecular weight excluding hydrogens is 400 g/mol. The first-order valence-corrected chi connectivity index (χ1v) is 12.7. The molecule has 0 nitrogen and oxygen atoms in total. The molecule has 0 atom stereocenters. The van der Waals surface area contributed by atoms with Gasteiger partial charge in [-0.2, -0.15) is 0 Å². The van der Waals surface area contributed by atoms with E-state index in [4.69, 9.17) is 0 Å². The number of unbranched alkanes of at least 4 members (excludes halogenated alkanes) is 3. The fourth-order valence-electron chi connectivity index (χ4n) is 4.77. The van der Waals surface area contributed by atoms with Crippen molar-refractivity contribution in [2.24, 2.45) is 0 Å². The van der Waals surface area contributed by atoms with Crippen LogP contribution in [0.4, 0.5) is 0 Å². The minimum absolute atomic E-state index is 1.22. The third-order valence-corrected chi connectivity index (χ3v) is 8.41. The van der Waals surface area contributed by atoms with Crippen LogP contribution in [0.1, 0.15) is 37.5 Å². The predicted molar refractivity (Wildman–Crippen MR) is 138 cm³/mol. The molecule has 0 unspecified atom stereocenters. The van der Waals surface area contributed by atoms with Crippen LogP contribution in [0.2, 0.25) is 0 Å². The molecule has 0 aliphatic carbocycles. The zero-order valence-electron chi connectivity index (χ0n) is 17.2. The Morgan fingerprint density at radius 3 is 2.10 bits per heavy atom. The third-order valence-electron chi connectivity index (χ3n) is 6.37. The van der Waals surface area contributed by atoms with E-state index in [0.717, 1.165) is 0 Å². The van der Waals surface area contributed by atoms with Crippen LogP contribution in [0.25, 0.3) is 52.5 Å². The highest BCUT2D eigenvalue weighted by atomic mass is 32.1. The van der Waals surface area contributed by atoms with Crippen molar-refractivity contribution < 1.29 is 0 Å². The Morgan fingerprint density at radius 2 is 1.33 bits per heavy atom. The molecule has 0 N–H and O–H groups in total. The van der Waals surface area contributed by atoms with Crippen LogP contribution in [-0.4, -0.2) is 0 Å². The van der Waals surface area contributed by atoms with Crippen LogP contribution in [0.3, 0.4) is 0 Å². The van der Waals surface area contributed by atoms with Gasteiger partial charge in [0.25, 0.3) is 0 Å². The Balaban J connectivity index is 1.51. The summed E-state index contributed by atoms with van der Waals surface area (Å²) in [5, 5.41) is 13.1. The average Bonchev–Trinajstić information content (AvgIpc) is 3.38. The quantitative estimate of drug-likeness (QED) is 0.191. The van der Waals surface area contributed by atoms with Gasteiger partial charge >= 0.3 is 0 Å². The lowest BCUT2D eigenvalue weighted by atomic mass is 9.96. The van der Waals surface area contributed by atoms with Gasteiger partial charge in [-0.1, -0.05) is 50.5 Å². The maximum atomic E-state index is 2.43. The molecule has 0 amide bonds. The van der Waals surface area contributed by atoms with Crippen molar-refractivity contribution in [3.8, 4) is 0 Å². The van der Waals surface area contributed by atoms with Gasteiger partial charge < -0.3 is 0 Å². The SMILES string of the molecule is CCCCCCc1cc2cc3c(ccc4c5cc6ccsc6cc5ccc34)cc2s1. The van der Waals surface area contributed by atoms with E-state index in [1.807, 2.05) is 22.7 Å². The summed E-state index contributed by atoms with van der Waals surface area (Å²) in [6.45, 7) is 2.28. The molecule has 30 heavy (non-hydrogen) atoms. The number of aryl methyl sites for hydroxylation is 1. The van der Waals surface area contributed by atoms with Crippen LogP contribution in [-0.2, 0) is 6.42 Å². The monoisotopic (exact) mass is 424 g/mol. The summed E-state index contributed by atoms with van der Waals surface area (Å²) in [6, 6.07) is 23.5. The van der Waals surface area contributed by atoms with E-state index >= 15 is 0 Å². The van der Waals surface area contributed by atoms with Crippen LogP contribution in [0.5, 0.6) is 0 Å². The molecule has 0 saturated carbocycles. The normalized spacial score (nSPS) is 12.2. The predicted octanol–water partition coefficient (Wildman–Crippen LogP) is 9.70. The molecule has 0 bridgehead atoms. The first kappa shape index (κ1) is 18.4. The maximum absolute atomic E-state index is 2.43. The first-order chi connectivity index (χ1) is 14.8. The van der Waals surface area contributed by atoms with E-state index in [2.05, 4.69) is 73.0 Å². The summed E-state index contributed by atoms with van der Waals surface area (Å²) in [4.78, 5) is 1.53. The molecule has 6 rings (SSSR count). The van der Waals surface area contributed by atoms with Crippen molar-refractivity contribution in [1.29, 1.82) is 0 Å². The van der Waals surface area contributed by atoms with E-state index in [-0.39, 0.29) is 0 Å². The molecular formula is C28H24S2. The van der Waals surface area contributed by atoms with Crippen molar-refractivity contribution >= 4 is 75.2 Å². The molecule has 2 heterocycles. The second-order valence-electron chi connectivity index (χ2n) is 8.39. The van der Waals surface area contributed by atoms with E-state index in [9.17, 15) is 0 Å². The molecule has 0 fully saturated rings. The molecule has 4 aromatic carbocycles. The van der Waals surface area contributed by atoms with E-state index in [0.29, 0.717) is 0 Å². The summed E-state index contributed by atoms with van der Waals surface area (Å²) in [5.41, 5.74) is 0. The number of benzene rings is 4. The number of hydrogen-bond donors (Lipinski definition) is 0. The molecule has 6 aromatic rings. The van der Waals surface area contributed by atoms with Crippen molar-refractivity contribution in [3.05, 3.63) is 70.9 Å². The van der Waals surface area contributed by atoms with Crippen molar-refractivity contribution in [2.45, 2.75) is 39.0 Å². The summed E-state index contributed by atoms with van der Waals surface area (Å²) in [5.74, 6) is 0. The van der Waals surface area contributed by atoms with Gasteiger partial charge in [0.15, 0.2) is 0 Å². The van der Waals surface area contributed by atoms with Crippen molar-refractivity contribution in [3.63, 3.8) is 0 Å². The maximum Gasteiger partial charge on any atom is 0.0352 e. The molecule has 0 radical (unpaired) electrons. The minimum atomic E-state index is 1.22. The van der Waals surface area contributed by atoms with Crippen LogP contribution >= 0.6 is 22.7 Å². The third kappa shape index (κ3) is 3.02. The first-order valence-electron chi connectivity index (χ1n) is 11.0. The Hall–Kier alpha value is -2.42. The fourth-order valence-corrected chi connectivity index (χ4v) is 6.73. The molecule has 0 aliphatic heterocycles. The molecule has 0 aliphatic rings. The van der Waals surface area contributed by atoms with Gasteiger partial charge in [0.1, 0.15) is 0 Å². The number of hydrogen-bond acceptors (Lipinski definition) is 2. The summed E-state index contributed by atoms with van der Waals surface area (Å²) >= 11 is 3.80. The highest BCUT2D eigenvalue weighted by Crippen LogP contribution is 2.37. The average molecular weight is 425 g/mol. The zero-order valence-corrected chi connectivity index (χ0v) is 18.8. The second kappa shape index (κ2) is 7.37. The minimum Gasteiger partial charge on any atom is -0.144 e. The lowest BCUT2D eigenvalue weighted by Gasteiger charge is -2.08. The summed E-state index contributed by atoms with van der Waals surface area (Å²) in [6.07, 6.45) is 6.54. The Labute approximate surface area is 184 Å². The zero-order chi connectivity index (χ0) is 20.1. The van der Waals surface area contributed by atoms with Gasteiger partial charge in [-0.3, -0.25) is 0 Å². The van der Waals surface area contributed by atoms with Gasteiger partial charge in [-0.25, -0.2) is 0 Å². The summed E-state index contributed by atoms with van der Waals surface area (Å²) in [7, 11) is 0. The molecule has 0 saturated heterocycles. The highest BCUT2D eigenvalue weighted by Gasteiger charge is 2.09. The Morgan fingerprint density at radius 1 is 0.600 bits per heavy atom. The standard InChI is InChI=1S/C28H24S2/c1-2-3-4-5-6-22-13-21-15-26-19(17-28(21)30-22)8-10-23-24(26)9-7-18-16-27-20(11-12-29-27)14-25(18)23/h7-17H,2-6H2,1H3. The van der Waals surface area contributed by atoms with E-state index < -0.39 is 0 Å². The Bertz CT molecular complexity index is 1530. The fraction of sp³-hybridized carbons (Fsp3) is 0.214. The van der Waals surface area contributed by atoms with Crippen molar-refractivity contribution in [2.75, 3.05) is 0 Å². The lowest BCUT2D eigenvalue weighted by Crippen LogP contribution is -1.81. The summed E-state index contributed by atoms with van der Waals surface area (Å²) < 4.78 is 2.79. The van der Waals surface area contributed by atoms with Gasteiger partial charge in [0, 0.05) is 14.3 Å². The molecule has 0 spiro atoms. The second-order valence-corrected chi connectivity index (χ2v) is 10.5. The van der Waals surface area contributed by atoms with Crippen LogP contribution < -0.4 is 0 Å². The topological polar surface area (TPSA) is 0 Å². The van der Waals surface area contributed by atoms with Gasteiger partial charge in [-0.15, -0.1) is 22.7 Å². The number of fused-ring (bicyclic) bond motifs is 7. The molecule has 2 heteroatoms. The lowest BCUT2D eigenvalue weighted by molar-refractivity contribution is 0.670. The van der Waals surface area contributed by atoms with Crippen LogP contribution in [0.15, 0.2) is 66.0 Å². The van der Waals surface area contributed by atoms with Gasteiger partial charge in [0.2, 0.25) is 0 Å². The van der Waals surface area contributed by atoms with E-state index in [1.54, 1.807) is 0 Å². The molecule has 2 aromatic heterocycles. The molecule has 148 valence electrons. The smallest absolute Gasteiger partial charge is 0.0352 e. The van der Waals surface area contributed by atoms with E-state index in [1.165, 1.54) is 89.5 Å². The van der Waals surface area contributed by atoms with Crippen LogP contribution in [0, 0.1) is 0 Å². The van der Waals surface area contributed by atoms with Gasteiger partial charge in [0.05, 0.1) is 0 Å². The van der Waals surface area contributed by atoms with Gasteiger partial charge in [-0.05, 0) is 97.7 Å². The highest BCUT2D eigenvalue weighted by molar-refractivity contribution is 7.19. The number of rotatable bonds is 5.